The van der Waals surface area contributed by atoms with E-state index in [4.69, 9.17) is 4.74 Å². The summed E-state index contributed by atoms with van der Waals surface area (Å²) >= 11 is 0. The lowest BCUT2D eigenvalue weighted by atomic mass is 10.2. The predicted octanol–water partition coefficient (Wildman–Crippen LogP) is 0.823. The summed E-state index contributed by atoms with van der Waals surface area (Å²) in [6, 6.07) is 0. The molecule has 0 radical (unpaired) electrons. The van der Waals surface area contributed by atoms with E-state index in [9.17, 15) is 0 Å². The number of nitrogens with zero attached hydrogens (tertiary/aromatic N) is 3. The van der Waals surface area contributed by atoms with Crippen molar-refractivity contribution < 1.29 is 4.74 Å². The summed E-state index contributed by atoms with van der Waals surface area (Å²) in [7, 11) is 4.00. The van der Waals surface area contributed by atoms with E-state index >= 15 is 0 Å². The second-order valence-electron chi connectivity index (χ2n) is 4.79. The second-order valence-corrected chi connectivity index (χ2v) is 4.79. The molecule has 1 aromatic heterocycles. The maximum Gasteiger partial charge on any atom is 0.134 e. The molecule has 1 aromatic rings. The molecule has 0 aromatic carbocycles. The van der Waals surface area contributed by atoms with Gasteiger partial charge in [-0.05, 0) is 13.5 Å². The van der Waals surface area contributed by atoms with E-state index in [2.05, 4.69) is 39.5 Å². The zero-order chi connectivity index (χ0) is 13.7. The van der Waals surface area contributed by atoms with Crippen LogP contribution in [0.5, 0.6) is 0 Å². The van der Waals surface area contributed by atoms with Crippen LogP contribution in [-0.4, -0.2) is 61.3 Å². The van der Waals surface area contributed by atoms with E-state index < -0.39 is 0 Å². The van der Waals surface area contributed by atoms with Gasteiger partial charge in [0.15, 0.2) is 0 Å². The van der Waals surface area contributed by atoms with Crippen LogP contribution in [0.25, 0.3) is 0 Å². The first-order valence-corrected chi connectivity index (χ1v) is 6.80. The Hall–Kier alpha value is -1.40. The van der Waals surface area contributed by atoms with E-state index in [1.54, 1.807) is 6.33 Å². The summed E-state index contributed by atoms with van der Waals surface area (Å²) in [6.07, 6.45) is 2.70. The molecule has 1 aliphatic heterocycles. The smallest absolute Gasteiger partial charge is 0.134 e. The minimum Gasteiger partial charge on any atom is -0.374 e. The normalized spacial score (nSPS) is 20.3. The average Bonchev–Trinajstić information content (AvgIpc) is 2.44. The molecule has 1 atom stereocenters. The number of likely N-dealkylation sites (N-methyl/N-ethyl adjacent to an activating group) is 1. The number of rotatable bonds is 5. The van der Waals surface area contributed by atoms with Gasteiger partial charge in [0.2, 0.25) is 0 Å². The first kappa shape index (κ1) is 14.0. The SMILES string of the molecule is CCc1c(NC)ncnc1NCC1CN(C)CCO1. The Bertz CT molecular complexity index is 412. The first-order chi connectivity index (χ1) is 9.24. The van der Waals surface area contributed by atoms with Crippen molar-refractivity contribution in [3.63, 3.8) is 0 Å². The van der Waals surface area contributed by atoms with Gasteiger partial charge < -0.3 is 20.3 Å². The number of morpholine rings is 1. The third kappa shape index (κ3) is 3.54. The molecule has 2 N–H and O–H groups in total. The van der Waals surface area contributed by atoms with Gasteiger partial charge in [-0.2, -0.15) is 0 Å². The number of aromatic nitrogens is 2. The Kier molecular flexibility index (Phi) is 4.93. The van der Waals surface area contributed by atoms with Gasteiger partial charge in [-0.15, -0.1) is 0 Å². The monoisotopic (exact) mass is 265 g/mol. The number of hydrogen-bond acceptors (Lipinski definition) is 6. The van der Waals surface area contributed by atoms with Crippen molar-refractivity contribution in [1.82, 2.24) is 14.9 Å². The molecule has 0 saturated carbocycles. The Morgan fingerprint density at radius 1 is 1.42 bits per heavy atom. The van der Waals surface area contributed by atoms with Gasteiger partial charge in [-0.1, -0.05) is 6.92 Å². The fraction of sp³-hybridized carbons (Fsp3) is 0.692. The van der Waals surface area contributed by atoms with Gasteiger partial charge in [0.25, 0.3) is 0 Å². The Morgan fingerprint density at radius 2 is 2.21 bits per heavy atom. The zero-order valence-electron chi connectivity index (χ0n) is 11.9. The van der Waals surface area contributed by atoms with Crippen molar-refractivity contribution in [2.45, 2.75) is 19.4 Å². The summed E-state index contributed by atoms with van der Waals surface area (Å²) in [5.74, 6) is 1.79. The summed E-state index contributed by atoms with van der Waals surface area (Å²) in [6.45, 7) is 5.65. The highest BCUT2D eigenvalue weighted by molar-refractivity contribution is 5.57. The van der Waals surface area contributed by atoms with Crippen LogP contribution in [0.1, 0.15) is 12.5 Å². The molecule has 0 spiro atoms. The van der Waals surface area contributed by atoms with Crippen molar-refractivity contribution in [3.8, 4) is 0 Å². The zero-order valence-corrected chi connectivity index (χ0v) is 11.9. The number of anilines is 2. The molecule has 1 unspecified atom stereocenters. The lowest BCUT2D eigenvalue weighted by Gasteiger charge is -2.30. The number of ether oxygens (including phenoxy) is 1. The first-order valence-electron chi connectivity index (χ1n) is 6.80. The van der Waals surface area contributed by atoms with Crippen LogP contribution in [-0.2, 0) is 11.2 Å². The van der Waals surface area contributed by atoms with Crippen molar-refractivity contribution in [2.75, 3.05) is 51.0 Å². The van der Waals surface area contributed by atoms with E-state index in [1.165, 1.54) is 0 Å². The highest BCUT2D eigenvalue weighted by Gasteiger charge is 2.18. The van der Waals surface area contributed by atoms with E-state index in [-0.39, 0.29) is 6.10 Å². The summed E-state index contributed by atoms with van der Waals surface area (Å²) in [4.78, 5) is 10.9. The number of hydrogen-bond donors (Lipinski definition) is 2. The largest absolute Gasteiger partial charge is 0.374 e. The van der Waals surface area contributed by atoms with Crippen LogP contribution in [0.4, 0.5) is 11.6 Å². The fourth-order valence-corrected chi connectivity index (χ4v) is 2.32. The van der Waals surface area contributed by atoms with Crippen LogP contribution in [0.2, 0.25) is 0 Å². The van der Waals surface area contributed by atoms with Crippen LogP contribution in [0.3, 0.4) is 0 Å². The van der Waals surface area contributed by atoms with Crippen LogP contribution in [0.15, 0.2) is 6.33 Å². The molecular weight excluding hydrogens is 242 g/mol. The predicted molar refractivity (Wildman–Crippen MR) is 76.7 cm³/mol. The minimum absolute atomic E-state index is 0.219. The van der Waals surface area contributed by atoms with E-state index in [0.29, 0.717) is 0 Å². The van der Waals surface area contributed by atoms with Crippen molar-refractivity contribution in [1.29, 1.82) is 0 Å². The minimum atomic E-state index is 0.219. The molecule has 0 aliphatic carbocycles. The lowest BCUT2D eigenvalue weighted by Crippen LogP contribution is -2.43. The summed E-state index contributed by atoms with van der Waals surface area (Å²) in [5.41, 5.74) is 1.12. The highest BCUT2D eigenvalue weighted by Crippen LogP contribution is 2.20. The van der Waals surface area contributed by atoms with Gasteiger partial charge in [-0.25, -0.2) is 9.97 Å². The Balaban J connectivity index is 1.99. The molecule has 2 heterocycles. The molecule has 19 heavy (non-hydrogen) atoms. The molecule has 6 heteroatoms. The standard InChI is InChI=1S/C13H23N5O/c1-4-11-12(14-2)16-9-17-13(11)15-7-10-8-18(3)5-6-19-10/h9-10H,4-8H2,1-3H3,(H2,14,15,16,17). The topological polar surface area (TPSA) is 62.3 Å². The highest BCUT2D eigenvalue weighted by atomic mass is 16.5. The van der Waals surface area contributed by atoms with Crippen LogP contribution >= 0.6 is 0 Å². The van der Waals surface area contributed by atoms with Crippen molar-refractivity contribution in [3.05, 3.63) is 11.9 Å². The quantitative estimate of drug-likeness (QED) is 0.822. The molecule has 1 fully saturated rings. The molecule has 6 nitrogen and oxygen atoms in total. The van der Waals surface area contributed by atoms with Crippen molar-refractivity contribution >= 4 is 11.6 Å². The maximum atomic E-state index is 5.74. The molecule has 1 saturated heterocycles. The van der Waals surface area contributed by atoms with E-state index in [1.807, 2.05) is 7.05 Å². The fourth-order valence-electron chi connectivity index (χ4n) is 2.32. The summed E-state index contributed by atoms with van der Waals surface area (Å²) in [5, 5.41) is 6.49. The number of nitrogens with one attached hydrogen (secondary N) is 2. The van der Waals surface area contributed by atoms with E-state index in [0.717, 1.165) is 49.9 Å². The second kappa shape index (κ2) is 6.68. The Labute approximate surface area is 114 Å². The molecule has 0 bridgehead atoms. The molecular formula is C13H23N5O. The third-order valence-corrected chi connectivity index (χ3v) is 3.37. The van der Waals surface area contributed by atoms with Crippen LogP contribution in [0, 0.1) is 0 Å². The van der Waals surface area contributed by atoms with Crippen LogP contribution < -0.4 is 10.6 Å². The lowest BCUT2D eigenvalue weighted by molar-refractivity contribution is -0.0117. The molecule has 1 aliphatic rings. The third-order valence-electron chi connectivity index (χ3n) is 3.37. The molecule has 0 amide bonds. The Morgan fingerprint density at radius 3 is 2.89 bits per heavy atom. The molecule has 106 valence electrons. The average molecular weight is 265 g/mol. The van der Waals surface area contributed by atoms with Crippen molar-refractivity contribution in [2.24, 2.45) is 0 Å². The van der Waals surface area contributed by atoms with Gasteiger partial charge in [0.1, 0.15) is 18.0 Å². The van der Waals surface area contributed by atoms with Gasteiger partial charge in [0, 0.05) is 32.2 Å². The van der Waals surface area contributed by atoms with Gasteiger partial charge >= 0.3 is 0 Å². The van der Waals surface area contributed by atoms with Gasteiger partial charge in [0.05, 0.1) is 12.7 Å². The van der Waals surface area contributed by atoms with Gasteiger partial charge in [-0.3, -0.25) is 0 Å². The maximum absolute atomic E-state index is 5.74. The summed E-state index contributed by atoms with van der Waals surface area (Å²) < 4.78 is 5.74. The molecule has 2 rings (SSSR count).